The molecule has 6 heteroatoms. The summed E-state index contributed by atoms with van der Waals surface area (Å²) in [4.78, 5) is 24.3. The highest BCUT2D eigenvalue weighted by molar-refractivity contribution is 5.82. The van der Waals surface area contributed by atoms with Crippen LogP contribution in [0.4, 0.5) is 4.79 Å². The van der Waals surface area contributed by atoms with Gasteiger partial charge in [-0.15, -0.1) is 12.3 Å². The Labute approximate surface area is 108 Å². The molecule has 2 atom stereocenters. The normalized spacial score (nSPS) is 13.5. The lowest BCUT2D eigenvalue weighted by molar-refractivity contribution is -0.139. The predicted molar refractivity (Wildman–Crippen MR) is 69.2 cm³/mol. The molecular formula is C12H21N3O3. The predicted octanol–water partition coefficient (Wildman–Crippen LogP) is 0.102. The molecule has 0 bridgehead atoms. The van der Waals surface area contributed by atoms with Crippen LogP contribution in [0.1, 0.15) is 19.8 Å². The molecule has 0 aliphatic rings. The van der Waals surface area contributed by atoms with E-state index < -0.39 is 18.0 Å². The molecule has 0 aromatic carbocycles. The first-order valence-electron chi connectivity index (χ1n) is 5.74. The quantitative estimate of drug-likeness (QED) is 0.564. The van der Waals surface area contributed by atoms with Crippen LogP contribution >= 0.6 is 0 Å². The number of hydrogen-bond acceptors (Lipinski definition) is 3. The Morgan fingerprint density at radius 2 is 2.00 bits per heavy atom. The first kappa shape index (κ1) is 16.3. The molecule has 6 nitrogen and oxygen atoms in total. The highest BCUT2D eigenvalue weighted by Crippen LogP contribution is 1.94. The molecule has 0 heterocycles. The molecule has 0 fully saturated rings. The van der Waals surface area contributed by atoms with E-state index in [1.165, 1.54) is 0 Å². The van der Waals surface area contributed by atoms with Gasteiger partial charge in [-0.1, -0.05) is 0 Å². The Kier molecular flexibility index (Phi) is 7.56. The van der Waals surface area contributed by atoms with Crippen molar-refractivity contribution in [2.75, 3.05) is 20.6 Å². The van der Waals surface area contributed by atoms with Gasteiger partial charge in [0.05, 0.1) is 0 Å². The van der Waals surface area contributed by atoms with E-state index in [4.69, 9.17) is 11.5 Å². The number of nitrogens with zero attached hydrogens (tertiary/aromatic N) is 1. The summed E-state index contributed by atoms with van der Waals surface area (Å²) in [5, 5.41) is 13.8. The Morgan fingerprint density at radius 3 is 2.44 bits per heavy atom. The van der Waals surface area contributed by atoms with Crippen molar-refractivity contribution in [3.8, 4) is 12.3 Å². The van der Waals surface area contributed by atoms with Gasteiger partial charge in [-0.05, 0) is 34.0 Å². The van der Waals surface area contributed by atoms with E-state index in [2.05, 4.69) is 16.6 Å². The van der Waals surface area contributed by atoms with Crippen LogP contribution in [0.5, 0.6) is 0 Å². The number of nitrogens with one attached hydrogen (secondary N) is 2. The van der Waals surface area contributed by atoms with Gasteiger partial charge in [0, 0.05) is 12.5 Å². The summed E-state index contributed by atoms with van der Waals surface area (Å²) in [6.07, 6.45) is 5.79. The van der Waals surface area contributed by atoms with Gasteiger partial charge in [0.2, 0.25) is 0 Å². The summed E-state index contributed by atoms with van der Waals surface area (Å²) in [7, 11) is 3.89. The SMILES string of the molecule is C#CCC(NC(=O)NC(C)CCN(C)C)C(=O)O. The largest absolute Gasteiger partial charge is 0.480 e. The minimum absolute atomic E-state index is 0.0329. The summed E-state index contributed by atoms with van der Waals surface area (Å²) < 4.78 is 0. The van der Waals surface area contributed by atoms with E-state index in [9.17, 15) is 9.59 Å². The average molecular weight is 255 g/mol. The highest BCUT2D eigenvalue weighted by atomic mass is 16.4. The fraction of sp³-hybridized carbons (Fsp3) is 0.667. The van der Waals surface area contributed by atoms with Crippen molar-refractivity contribution in [1.29, 1.82) is 0 Å². The number of rotatable bonds is 7. The maximum Gasteiger partial charge on any atom is 0.327 e. The van der Waals surface area contributed by atoms with Gasteiger partial charge in [0.1, 0.15) is 6.04 Å². The van der Waals surface area contributed by atoms with Crippen molar-refractivity contribution >= 4 is 12.0 Å². The molecule has 0 rings (SSSR count). The number of amides is 2. The number of carboxylic acid groups (broad SMARTS) is 1. The molecule has 0 aromatic heterocycles. The summed E-state index contributed by atoms with van der Waals surface area (Å²) >= 11 is 0. The van der Waals surface area contributed by atoms with Crippen molar-refractivity contribution in [3.05, 3.63) is 0 Å². The number of aliphatic carboxylic acids is 1. The fourth-order valence-corrected chi connectivity index (χ4v) is 1.27. The van der Waals surface area contributed by atoms with Gasteiger partial charge in [-0.25, -0.2) is 9.59 Å². The zero-order chi connectivity index (χ0) is 14.1. The maximum absolute atomic E-state index is 11.5. The molecule has 102 valence electrons. The molecule has 0 aromatic rings. The third-order valence-electron chi connectivity index (χ3n) is 2.31. The summed E-state index contributed by atoms with van der Waals surface area (Å²) in [5.74, 6) is 1.08. The second-order valence-electron chi connectivity index (χ2n) is 4.41. The van der Waals surface area contributed by atoms with Crippen molar-refractivity contribution in [2.45, 2.75) is 31.8 Å². The number of carboxylic acids is 1. The lowest BCUT2D eigenvalue weighted by atomic mass is 10.2. The van der Waals surface area contributed by atoms with Gasteiger partial charge < -0.3 is 20.6 Å². The molecule has 0 radical (unpaired) electrons. The van der Waals surface area contributed by atoms with E-state index in [0.29, 0.717) is 0 Å². The smallest absolute Gasteiger partial charge is 0.327 e. The van der Waals surface area contributed by atoms with Crippen molar-refractivity contribution in [2.24, 2.45) is 0 Å². The van der Waals surface area contributed by atoms with Crippen LogP contribution < -0.4 is 10.6 Å². The second-order valence-corrected chi connectivity index (χ2v) is 4.41. The van der Waals surface area contributed by atoms with Gasteiger partial charge in [-0.3, -0.25) is 0 Å². The van der Waals surface area contributed by atoms with Crippen LogP contribution in [-0.4, -0.2) is 54.7 Å². The minimum Gasteiger partial charge on any atom is -0.480 e. The topological polar surface area (TPSA) is 81.7 Å². The summed E-state index contributed by atoms with van der Waals surface area (Å²) in [5.41, 5.74) is 0. The first-order valence-corrected chi connectivity index (χ1v) is 5.74. The summed E-state index contributed by atoms with van der Waals surface area (Å²) in [6.45, 7) is 2.70. The Morgan fingerprint density at radius 1 is 1.39 bits per heavy atom. The molecule has 18 heavy (non-hydrogen) atoms. The highest BCUT2D eigenvalue weighted by Gasteiger charge is 2.19. The molecule has 0 spiro atoms. The molecule has 2 unspecified atom stereocenters. The third-order valence-corrected chi connectivity index (χ3v) is 2.31. The lowest BCUT2D eigenvalue weighted by Crippen LogP contribution is -2.48. The first-order chi connectivity index (χ1) is 8.36. The Hall–Kier alpha value is -1.74. The van der Waals surface area contributed by atoms with Crippen molar-refractivity contribution in [3.63, 3.8) is 0 Å². The van der Waals surface area contributed by atoms with Gasteiger partial charge in [0.15, 0.2) is 0 Å². The van der Waals surface area contributed by atoms with Crippen LogP contribution in [0.3, 0.4) is 0 Å². The van der Waals surface area contributed by atoms with Gasteiger partial charge in [0.25, 0.3) is 0 Å². The second kappa shape index (κ2) is 8.37. The van der Waals surface area contributed by atoms with Crippen LogP contribution in [0, 0.1) is 12.3 Å². The number of terminal acetylenes is 1. The maximum atomic E-state index is 11.5. The molecular weight excluding hydrogens is 234 g/mol. The van der Waals surface area contributed by atoms with Crippen LogP contribution in [0.15, 0.2) is 0 Å². The fourth-order valence-electron chi connectivity index (χ4n) is 1.27. The molecule has 0 saturated carbocycles. The zero-order valence-corrected chi connectivity index (χ0v) is 11.1. The Balaban J connectivity index is 4.08. The molecule has 0 aliphatic carbocycles. The van der Waals surface area contributed by atoms with E-state index in [-0.39, 0.29) is 12.5 Å². The number of carbonyl (C=O) groups excluding carboxylic acids is 1. The van der Waals surface area contributed by atoms with Crippen molar-refractivity contribution in [1.82, 2.24) is 15.5 Å². The number of urea groups is 1. The van der Waals surface area contributed by atoms with Gasteiger partial charge >= 0.3 is 12.0 Å². The zero-order valence-electron chi connectivity index (χ0n) is 11.1. The summed E-state index contributed by atoms with van der Waals surface area (Å²) in [6, 6.07) is -1.59. The molecule has 2 amide bonds. The van der Waals surface area contributed by atoms with Crippen LogP contribution in [-0.2, 0) is 4.79 Å². The van der Waals surface area contributed by atoms with Gasteiger partial charge in [-0.2, -0.15) is 0 Å². The average Bonchev–Trinajstić information content (AvgIpc) is 2.25. The minimum atomic E-state index is -1.14. The third kappa shape index (κ3) is 7.52. The molecule has 0 saturated heterocycles. The standard InChI is InChI=1S/C12H21N3O3/c1-5-6-10(11(16)17)14-12(18)13-9(2)7-8-15(3)4/h1,9-10H,6-8H2,2-4H3,(H,16,17)(H2,13,14,18). The van der Waals surface area contributed by atoms with E-state index >= 15 is 0 Å². The van der Waals surface area contributed by atoms with E-state index in [1.807, 2.05) is 25.9 Å². The lowest BCUT2D eigenvalue weighted by Gasteiger charge is -2.18. The van der Waals surface area contributed by atoms with Crippen LogP contribution in [0.25, 0.3) is 0 Å². The van der Waals surface area contributed by atoms with E-state index in [1.54, 1.807) is 0 Å². The number of hydrogen-bond donors (Lipinski definition) is 3. The number of carbonyl (C=O) groups is 2. The van der Waals surface area contributed by atoms with Crippen LogP contribution in [0.2, 0.25) is 0 Å². The van der Waals surface area contributed by atoms with E-state index in [0.717, 1.165) is 13.0 Å². The monoisotopic (exact) mass is 255 g/mol. The van der Waals surface area contributed by atoms with Crippen molar-refractivity contribution < 1.29 is 14.7 Å². The Bertz CT molecular complexity index is 323. The molecule has 0 aliphatic heterocycles. The molecule has 3 N–H and O–H groups in total.